The Morgan fingerprint density at radius 3 is 1.83 bits per heavy atom. The fraction of sp³-hybridized carbons (Fsp3) is 0.394. The predicted octanol–water partition coefficient (Wildman–Crippen LogP) is 3.33. The smallest absolute Gasteiger partial charge is 0.241 e. The molecular formula is C33H40N6O2. The lowest BCUT2D eigenvalue weighted by atomic mass is 9.60. The molecule has 41 heavy (non-hydrogen) atoms. The monoisotopic (exact) mass is 552 g/mol. The van der Waals surface area contributed by atoms with Crippen molar-refractivity contribution in [1.82, 2.24) is 0 Å². The van der Waals surface area contributed by atoms with Gasteiger partial charge in [-0.25, -0.2) is 0 Å². The van der Waals surface area contributed by atoms with Crippen molar-refractivity contribution >= 4 is 23.2 Å². The van der Waals surface area contributed by atoms with Crippen LogP contribution in [0.4, 0.5) is 11.4 Å². The molecule has 0 aromatic heterocycles. The SMILES string of the molecule is NCCCC[C@H](N)C(=O)Nc1ccc2c(c1)C1C3=C(C=CC#CC3)C2c2ccc(NC(=O)[C@@H](N)CCCCN)cc21. The van der Waals surface area contributed by atoms with E-state index >= 15 is 0 Å². The third-order valence-electron chi connectivity index (χ3n) is 8.32. The first-order valence-corrected chi connectivity index (χ1v) is 14.6. The number of carbonyl (C=O) groups is 2. The van der Waals surface area contributed by atoms with Gasteiger partial charge in [-0.3, -0.25) is 9.59 Å². The molecule has 0 saturated carbocycles. The average Bonchev–Trinajstić information content (AvgIpc) is 3.23. The van der Waals surface area contributed by atoms with Crippen LogP contribution in [0.1, 0.15) is 79.0 Å². The van der Waals surface area contributed by atoms with Crippen LogP contribution in [-0.4, -0.2) is 37.0 Å². The number of nitrogens with one attached hydrogen (secondary N) is 2. The quantitative estimate of drug-likeness (QED) is 0.175. The molecule has 0 aliphatic heterocycles. The van der Waals surface area contributed by atoms with E-state index in [1.54, 1.807) is 0 Å². The summed E-state index contributed by atoms with van der Waals surface area (Å²) >= 11 is 0. The van der Waals surface area contributed by atoms with Crippen LogP contribution in [0.2, 0.25) is 0 Å². The van der Waals surface area contributed by atoms with Crippen molar-refractivity contribution in [2.75, 3.05) is 23.7 Å². The first-order valence-electron chi connectivity index (χ1n) is 14.6. The van der Waals surface area contributed by atoms with Gasteiger partial charge in [0, 0.05) is 29.6 Å². The fourth-order valence-electron chi connectivity index (χ4n) is 6.22. The van der Waals surface area contributed by atoms with Crippen LogP contribution >= 0.6 is 0 Å². The van der Waals surface area contributed by atoms with Gasteiger partial charge in [0.1, 0.15) is 0 Å². The molecule has 10 N–H and O–H groups in total. The minimum Gasteiger partial charge on any atom is -0.330 e. The van der Waals surface area contributed by atoms with E-state index in [2.05, 4.69) is 52.8 Å². The topological polar surface area (TPSA) is 162 Å². The molecule has 0 saturated heterocycles. The fourth-order valence-corrected chi connectivity index (χ4v) is 6.22. The average molecular weight is 553 g/mol. The number of allylic oxidation sites excluding steroid dienone is 4. The van der Waals surface area contributed by atoms with Crippen LogP contribution in [0.15, 0.2) is 59.7 Å². The summed E-state index contributed by atoms with van der Waals surface area (Å²) in [6, 6.07) is 11.1. The molecule has 0 unspecified atom stereocenters. The van der Waals surface area contributed by atoms with Gasteiger partial charge in [0.05, 0.1) is 12.1 Å². The lowest BCUT2D eigenvalue weighted by Gasteiger charge is -2.43. The van der Waals surface area contributed by atoms with Crippen molar-refractivity contribution < 1.29 is 9.59 Å². The molecule has 8 nitrogen and oxygen atoms in total. The highest BCUT2D eigenvalue weighted by Gasteiger charge is 2.42. The zero-order chi connectivity index (χ0) is 28.9. The molecule has 2 aromatic carbocycles. The van der Waals surface area contributed by atoms with Gasteiger partial charge in [0.2, 0.25) is 11.8 Å². The minimum atomic E-state index is -0.584. The van der Waals surface area contributed by atoms with E-state index in [-0.39, 0.29) is 23.7 Å². The molecular weight excluding hydrogens is 512 g/mol. The summed E-state index contributed by atoms with van der Waals surface area (Å²) in [5.74, 6) is 6.03. The molecule has 2 amide bonds. The Labute approximate surface area is 242 Å². The standard InChI is InChI=1S/C33H40N6O2/c34-16-6-4-10-28(36)32(40)38-20-12-14-24-26(18-20)31-23-9-3-1-2-8-22(23)30(24)25-15-13-21(19-27(25)31)39-33(41)29(37)11-5-7-17-35/h2,8,12-15,18-19,28-31H,4-7,9-11,16-17,34-37H2,(H,38,40)(H,39,41)/t28-,29-,30?,31?/m0/s1. The summed E-state index contributed by atoms with van der Waals surface area (Å²) in [4.78, 5) is 25.7. The molecule has 4 aliphatic carbocycles. The lowest BCUT2D eigenvalue weighted by Crippen LogP contribution is -2.36. The lowest BCUT2D eigenvalue weighted by molar-refractivity contribution is -0.118. The summed E-state index contributed by atoms with van der Waals surface area (Å²) < 4.78 is 0. The van der Waals surface area contributed by atoms with Gasteiger partial charge in [0.15, 0.2) is 0 Å². The Morgan fingerprint density at radius 1 is 0.780 bits per heavy atom. The molecule has 0 fully saturated rings. The van der Waals surface area contributed by atoms with Crippen LogP contribution in [0, 0.1) is 11.8 Å². The van der Waals surface area contributed by atoms with Gasteiger partial charge in [-0.2, -0.15) is 0 Å². The van der Waals surface area contributed by atoms with Crippen LogP contribution in [0.5, 0.6) is 0 Å². The Kier molecular flexibility index (Phi) is 9.01. The van der Waals surface area contributed by atoms with Crippen molar-refractivity contribution in [2.24, 2.45) is 22.9 Å². The van der Waals surface area contributed by atoms with E-state index in [1.807, 2.05) is 18.2 Å². The highest BCUT2D eigenvalue weighted by atomic mass is 16.2. The normalized spacial score (nSPS) is 19.2. The van der Waals surface area contributed by atoms with Crippen LogP contribution in [-0.2, 0) is 9.59 Å². The highest BCUT2D eigenvalue weighted by molar-refractivity contribution is 5.96. The molecule has 2 bridgehead atoms. The molecule has 2 atom stereocenters. The highest BCUT2D eigenvalue weighted by Crippen LogP contribution is 2.57. The van der Waals surface area contributed by atoms with Gasteiger partial charge in [-0.1, -0.05) is 36.8 Å². The number of amides is 2. The predicted molar refractivity (Wildman–Crippen MR) is 164 cm³/mol. The number of hydrogen-bond donors (Lipinski definition) is 6. The van der Waals surface area contributed by atoms with Gasteiger partial charge in [0.25, 0.3) is 0 Å². The van der Waals surface area contributed by atoms with Crippen molar-refractivity contribution in [3.05, 3.63) is 82.0 Å². The Morgan fingerprint density at radius 2 is 1.32 bits per heavy atom. The third kappa shape index (κ3) is 5.99. The van der Waals surface area contributed by atoms with Crippen LogP contribution < -0.4 is 33.6 Å². The van der Waals surface area contributed by atoms with E-state index in [4.69, 9.17) is 22.9 Å². The zero-order valence-electron chi connectivity index (χ0n) is 23.4. The van der Waals surface area contributed by atoms with E-state index in [1.165, 1.54) is 22.3 Å². The number of benzene rings is 2. The molecule has 8 heteroatoms. The first-order chi connectivity index (χ1) is 19.9. The Balaban J connectivity index is 1.43. The summed E-state index contributed by atoms with van der Waals surface area (Å²) in [5.41, 5.74) is 32.2. The van der Waals surface area contributed by atoms with Gasteiger partial charge in [-0.15, -0.1) is 0 Å². The summed E-state index contributed by atoms with van der Waals surface area (Å²) in [6.07, 6.45) is 9.26. The maximum absolute atomic E-state index is 12.8. The maximum Gasteiger partial charge on any atom is 0.241 e. The molecule has 214 valence electrons. The summed E-state index contributed by atoms with van der Waals surface area (Å²) in [5, 5.41) is 6.05. The van der Waals surface area contributed by atoms with Crippen molar-refractivity contribution in [3.63, 3.8) is 0 Å². The Hall–Kier alpha value is -3.74. The van der Waals surface area contributed by atoms with Gasteiger partial charge >= 0.3 is 0 Å². The number of carbonyl (C=O) groups excluding carboxylic acids is 2. The zero-order valence-corrected chi connectivity index (χ0v) is 23.4. The number of anilines is 2. The van der Waals surface area contributed by atoms with Gasteiger partial charge < -0.3 is 33.6 Å². The molecule has 0 heterocycles. The van der Waals surface area contributed by atoms with E-state index < -0.39 is 12.1 Å². The molecule has 2 aromatic rings. The Bertz CT molecular complexity index is 1370. The summed E-state index contributed by atoms with van der Waals surface area (Å²) in [6.45, 7) is 1.18. The summed E-state index contributed by atoms with van der Waals surface area (Å²) in [7, 11) is 0. The van der Waals surface area contributed by atoms with E-state index in [0.29, 0.717) is 32.4 Å². The molecule has 0 radical (unpaired) electrons. The molecule has 6 rings (SSSR count). The second kappa shape index (κ2) is 12.8. The maximum atomic E-state index is 12.8. The van der Waals surface area contributed by atoms with Crippen molar-refractivity contribution in [3.8, 4) is 11.8 Å². The second-order valence-corrected chi connectivity index (χ2v) is 11.1. The van der Waals surface area contributed by atoms with Crippen LogP contribution in [0.25, 0.3) is 0 Å². The second-order valence-electron chi connectivity index (χ2n) is 11.1. The number of nitrogens with two attached hydrogens (primary N) is 4. The van der Waals surface area contributed by atoms with Crippen LogP contribution in [0.3, 0.4) is 0 Å². The van der Waals surface area contributed by atoms with E-state index in [0.717, 1.165) is 48.2 Å². The number of rotatable bonds is 12. The number of hydrogen-bond acceptors (Lipinski definition) is 6. The van der Waals surface area contributed by atoms with Crippen molar-refractivity contribution in [2.45, 2.75) is 68.9 Å². The first kappa shape index (κ1) is 28.8. The van der Waals surface area contributed by atoms with Crippen molar-refractivity contribution in [1.29, 1.82) is 0 Å². The third-order valence-corrected chi connectivity index (χ3v) is 8.32. The van der Waals surface area contributed by atoms with E-state index in [9.17, 15) is 9.59 Å². The minimum absolute atomic E-state index is 0.0396. The largest absolute Gasteiger partial charge is 0.330 e. The molecule has 4 aliphatic rings. The van der Waals surface area contributed by atoms with Gasteiger partial charge in [-0.05, 0) is 109 Å². The number of unbranched alkanes of at least 4 members (excludes halogenated alkanes) is 2. The molecule has 0 spiro atoms.